The smallest absolute Gasteiger partial charge is 0.155 e. The largest absolute Gasteiger partial charge is 0.300 e. The Labute approximate surface area is 72.7 Å². The van der Waals surface area contributed by atoms with Crippen LogP contribution in [0.25, 0.3) is 0 Å². The average molecular weight is 166 g/mol. The molecule has 0 aromatic heterocycles. The third-order valence-corrected chi connectivity index (χ3v) is 2.02. The molecule has 66 valence electrons. The lowest BCUT2D eigenvalue weighted by Crippen LogP contribution is -2.00. The van der Waals surface area contributed by atoms with Crippen molar-refractivity contribution in [2.45, 2.75) is 38.5 Å². The average Bonchev–Trinajstić information content (AvgIpc) is 2.06. The number of rotatable bonds is 0. The van der Waals surface area contributed by atoms with E-state index in [1.165, 1.54) is 0 Å². The van der Waals surface area contributed by atoms with Gasteiger partial charge in [0.25, 0.3) is 0 Å². The van der Waals surface area contributed by atoms with Crippen molar-refractivity contribution in [2.24, 2.45) is 0 Å². The molecule has 1 aliphatic carbocycles. The molecule has 12 heavy (non-hydrogen) atoms. The molecule has 0 amide bonds. The maximum Gasteiger partial charge on any atom is 0.155 e. The van der Waals surface area contributed by atoms with Gasteiger partial charge in [-0.3, -0.25) is 9.59 Å². The van der Waals surface area contributed by atoms with Crippen LogP contribution in [0.4, 0.5) is 0 Å². The second-order valence-electron chi connectivity index (χ2n) is 3.15. The molecule has 2 nitrogen and oxygen atoms in total. The SMILES string of the molecule is O=C1/C=C/CCC(=O)CCCC1. The van der Waals surface area contributed by atoms with Crippen LogP contribution in [0, 0.1) is 0 Å². The molecule has 0 atom stereocenters. The maximum atomic E-state index is 11.1. The molecule has 0 spiro atoms. The fraction of sp³-hybridized carbons (Fsp3) is 0.600. The number of ketones is 2. The first-order valence-corrected chi connectivity index (χ1v) is 4.50. The third-order valence-electron chi connectivity index (χ3n) is 2.02. The minimum Gasteiger partial charge on any atom is -0.300 e. The van der Waals surface area contributed by atoms with Crippen LogP contribution in [0.3, 0.4) is 0 Å². The van der Waals surface area contributed by atoms with Crippen molar-refractivity contribution in [1.82, 2.24) is 0 Å². The van der Waals surface area contributed by atoms with Crippen molar-refractivity contribution >= 4 is 11.6 Å². The molecule has 0 saturated heterocycles. The summed E-state index contributed by atoms with van der Waals surface area (Å²) in [5.74, 6) is 0.526. The molecule has 0 N–H and O–H groups in total. The van der Waals surface area contributed by atoms with Gasteiger partial charge in [0.05, 0.1) is 0 Å². The second-order valence-corrected chi connectivity index (χ2v) is 3.15. The monoisotopic (exact) mass is 166 g/mol. The summed E-state index contributed by atoms with van der Waals surface area (Å²) in [6.07, 6.45) is 7.73. The highest BCUT2D eigenvalue weighted by Crippen LogP contribution is 2.07. The van der Waals surface area contributed by atoms with Gasteiger partial charge >= 0.3 is 0 Å². The molecule has 0 heterocycles. The van der Waals surface area contributed by atoms with E-state index in [2.05, 4.69) is 0 Å². The van der Waals surface area contributed by atoms with E-state index in [1.54, 1.807) is 6.08 Å². The molecule has 0 saturated carbocycles. The standard InChI is InChI=1S/C10H14O2/c11-9-5-1-2-6-10(12)8-4-3-7-9/h1,5H,2-4,6-8H2/b5-1+. The summed E-state index contributed by atoms with van der Waals surface area (Å²) in [4.78, 5) is 22.1. The number of Topliss-reactive ketones (excluding diaryl/α,β-unsaturated/α-hetero) is 1. The summed E-state index contributed by atoms with van der Waals surface area (Å²) >= 11 is 0. The van der Waals surface area contributed by atoms with Crippen molar-refractivity contribution in [3.05, 3.63) is 12.2 Å². The Morgan fingerprint density at radius 1 is 1.00 bits per heavy atom. The minimum atomic E-state index is 0.198. The van der Waals surface area contributed by atoms with Crippen molar-refractivity contribution in [3.63, 3.8) is 0 Å². The van der Waals surface area contributed by atoms with Gasteiger partial charge in [0, 0.05) is 19.3 Å². The van der Waals surface area contributed by atoms with Gasteiger partial charge in [0.2, 0.25) is 0 Å². The van der Waals surface area contributed by atoms with Crippen molar-refractivity contribution < 1.29 is 9.59 Å². The van der Waals surface area contributed by atoms with Gasteiger partial charge < -0.3 is 0 Å². The van der Waals surface area contributed by atoms with Crippen LogP contribution in [0.5, 0.6) is 0 Å². The van der Waals surface area contributed by atoms with Gasteiger partial charge in [0.15, 0.2) is 5.78 Å². The van der Waals surface area contributed by atoms with E-state index in [1.807, 2.05) is 6.08 Å². The summed E-state index contributed by atoms with van der Waals surface area (Å²) in [7, 11) is 0. The highest BCUT2D eigenvalue weighted by molar-refractivity contribution is 5.89. The summed E-state index contributed by atoms with van der Waals surface area (Å²) < 4.78 is 0. The van der Waals surface area contributed by atoms with E-state index in [4.69, 9.17) is 0 Å². The van der Waals surface area contributed by atoms with Crippen LogP contribution in [0.15, 0.2) is 12.2 Å². The molecule has 0 bridgehead atoms. The van der Waals surface area contributed by atoms with Crippen LogP contribution < -0.4 is 0 Å². The summed E-state index contributed by atoms with van der Waals surface area (Å²) in [6.45, 7) is 0. The molecule has 1 aliphatic rings. The zero-order chi connectivity index (χ0) is 8.81. The van der Waals surface area contributed by atoms with Gasteiger partial charge in [-0.2, -0.15) is 0 Å². The van der Waals surface area contributed by atoms with Crippen molar-refractivity contribution in [2.75, 3.05) is 0 Å². The first-order chi connectivity index (χ1) is 5.79. The summed E-state index contributed by atoms with van der Waals surface area (Å²) in [5.41, 5.74) is 0. The highest BCUT2D eigenvalue weighted by atomic mass is 16.1. The molecule has 0 aromatic carbocycles. The molecule has 0 aromatic rings. The van der Waals surface area contributed by atoms with Gasteiger partial charge in [-0.25, -0.2) is 0 Å². The zero-order valence-corrected chi connectivity index (χ0v) is 7.21. The Morgan fingerprint density at radius 3 is 2.58 bits per heavy atom. The molecule has 0 radical (unpaired) electrons. The number of carbonyl (C=O) groups is 2. The fourth-order valence-corrected chi connectivity index (χ4v) is 1.29. The second kappa shape index (κ2) is 4.86. The highest BCUT2D eigenvalue weighted by Gasteiger charge is 2.04. The number of carbonyl (C=O) groups excluding carboxylic acids is 2. The van der Waals surface area contributed by atoms with E-state index in [9.17, 15) is 9.59 Å². The normalized spacial score (nSPS) is 23.7. The lowest BCUT2D eigenvalue weighted by Gasteiger charge is -2.01. The molecule has 0 aliphatic heterocycles. The number of hydrogen-bond acceptors (Lipinski definition) is 2. The number of hydrogen-bond donors (Lipinski definition) is 0. The van der Waals surface area contributed by atoms with Gasteiger partial charge in [-0.15, -0.1) is 0 Å². The molecule has 1 rings (SSSR count). The van der Waals surface area contributed by atoms with Crippen LogP contribution in [0.2, 0.25) is 0 Å². The van der Waals surface area contributed by atoms with E-state index in [0.717, 1.165) is 19.3 Å². The van der Waals surface area contributed by atoms with Crippen LogP contribution in [-0.2, 0) is 9.59 Å². The predicted molar refractivity (Wildman–Crippen MR) is 46.9 cm³/mol. The van der Waals surface area contributed by atoms with Crippen molar-refractivity contribution in [3.8, 4) is 0 Å². The summed E-state index contributed by atoms with van der Waals surface area (Å²) in [6, 6.07) is 0. The van der Waals surface area contributed by atoms with Crippen LogP contribution in [0.1, 0.15) is 38.5 Å². The Bertz CT molecular complexity index is 204. The Hall–Kier alpha value is -0.920. The topological polar surface area (TPSA) is 34.1 Å². The molecule has 2 heteroatoms. The van der Waals surface area contributed by atoms with Crippen molar-refractivity contribution in [1.29, 1.82) is 0 Å². The van der Waals surface area contributed by atoms with E-state index in [0.29, 0.717) is 25.0 Å². The number of allylic oxidation sites excluding steroid dienone is 2. The summed E-state index contributed by atoms with van der Waals surface area (Å²) in [5, 5.41) is 0. The molecule has 0 unspecified atom stereocenters. The first kappa shape index (κ1) is 9.17. The van der Waals surface area contributed by atoms with E-state index in [-0.39, 0.29) is 5.78 Å². The van der Waals surface area contributed by atoms with Crippen LogP contribution >= 0.6 is 0 Å². The van der Waals surface area contributed by atoms with Gasteiger partial charge in [0.1, 0.15) is 5.78 Å². The van der Waals surface area contributed by atoms with E-state index >= 15 is 0 Å². The Morgan fingerprint density at radius 2 is 1.75 bits per heavy atom. The zero-order valence-electron chi connectivity index (χ0n) is 7.21. The van der Waals surface area contributed by atoms with Gasteiger partial charge in [-0.1, -0.05) is 6.08 Å². The molecule has 0 fully saturated rings. The Balaban J connectivity index is 2.44. The Kier molecular flexibility index (Phi) is 3.71. The predicted octanol–water partition coefficient (Wildman–Crippen LogP) is 2.04. The molecular weight excluding hydrogens is 152 g/mol. The fourth-order valence-electron chi connectivity index (χ4n) is 1.29. The maximum absolute atomic E-state index is 11.1. The quantitative estimate of drug-likeness (QED) is 0.551. The van der Waals surface area contributed by atoms with Gasteiger partial charge in [-0.05, 0) is 25.3 Å². The lowest BCUT2D eigenvalue weighted by molar-refractivity contribution is -0.119. The lowest BCUT2D eigenvalue weighted by atomic mass is 10.0. The van der Waals surface area contributed by atoms with Crippen LogP contribution in [-0.4, -0.2) is 11.6 Å². The third kappa shape index (κ3) is 3.46. The molecular formula is C10H14O2. The minimum absolute atomic E-state index is 0.198. The first-order valence-electron chi connectivity index (χ1n) is 4.50. The van der Waals surface area contributed by atoms with E-state index < -0.39 is 0 Å².